The van der Waals surface area contributed by atoms with Crippen molar-refractivity contribution in [3.05, 3.63) is 0 Å². The van der Waals surface area contributed by atoms with Crippen molar-refractivity contribution in [1.82, 2.24) is 10.6 Å². The summed E-state index contributed by atoms with van der Waals surface area (Å²) >= 11 is 0. The third kappa shape index (κ3) is 17.8. The zero-order valence-corrected chi connectivity index (χ0v) is 21.4. The lowest BCUT2D eigenvalue weighted by atomic mass is 10.3. The minimum atomic E-state index is -2.11. The molecule has 7 nitrogen and oxygen atoms in total. The zero-order valence-electron chi connectivity index (χ0n) is 19.4. The third-order valence-corrected chi connectivity index (χ3v) is 9.70. The van der Waals surface area contributed by atoms with Crippen molar-refractivity contribution in [2.75, 3.05) is 45.7 Å². The molecule has 0 spiro atoms. The number of carbonyl (C=O) groups excluding carboxylic acids is 1. The first kappa shape index (κ1) is 29.9. The van der Waals surface area contributed by atoms with Gasteiger partial charge in [0, 0.05) is 26.4 Å². The predicted octanol–water partition coefficient (Wildman–Crippen LogP) is 3.33. The van der Waals surface area contributed by atoms with Gasteiger partial charge >= 0.3 is 17.1 Å². The van der Waals surface area contributed by atoms with Crippen LogP contribution in [-0.4, -0.2) is 69.2 Å². The highest BCUT2D eigenvalue weighted by molar-refractivity contribution is 6.66. The molecule has 1 amide bonds. The number of nitrogens with one attached hydrogen (secondary N) is 2. The van der Waals surface area contributed by atoms with Crippen molar-refractivity contribution in [3.8, 4) is 0 Å². The van der Waals surface area contributed by atoms with Crippen LogP contribution in [0.15, 0.2) is 0 Å². The number of carbonyl (C=O) groups is 1. The lowest BCUT2D eigenvalue weighted by molar-refractivity contribution is -0.109. The van der Waals surface area contributed by atoms with Gasteiger partial charge in [0.05, 0.1) is 6.17 Å². The van der Waals surface area contributed by atoms with Crippen molar-refractivity contribution < 1.29 is 22.5 Å². The van der Waals surface area contributed by atoms with Gasteiger partial charge in [0.1, 0.15) is 0 Å². The molecule has 0 aliphatic heterocycles. The van der Waals surface area contributed by atoms with Gasteiger partial charge in [0.2, 0.25) is 6.41 Å². The number of unbranched alkanes of at least 4 members (excludes halogenated alkanes) is 1. The van der Waals surface area contributed by atoms with E-state index < -0.39 is 17.1 Å². The highest BCUT2D eigenvalue weighted by Crippen LogP contribution is 2.15. The third-order valence-electron chi connectivity index (χ3n) is 4.00. The van der Waals surface area contributed by atoms with E-state index in [0.717, 1.165) is 38.8 Å². The van der Waals surface area contributed by atoms with Gasteiger partial charge in [-0.25, -0.2) is 0 Å². The Labute approximate surface area is 175 Å². The van der Waals surface area contributed by atoms with Gasteiger partial charge in [0.25, 0.3) is 0 Å². The summed E-state index contributed by atoms with van der Waals surface area (Å²) in [4.78, 5) is 10.1. The molecule has 0 atom stereocenters. The molecule has 0 rings (SSSR count). The summed E-state index contributed by atoms with van der Waals surface area (Å²) in [7, 11) is -3.97. The second kappa shape index (κ2) is 20.0. The first-order chi connectivity index (χ1) is 13.4. The summed E-state index contributed by atoms with van der Waals surface area (Å²) in [6.07, 6.45) is 4.87. The predicted molar refractivity (Wildman–Crippen MR) is 121 cm³/mol. The fourth-order valence-corrected chi connectivity index (χ4v) is 7.11. The molecule has 0 bridgehead atoms. The highest BCUT2D eigenvalue weighted by atomic mass is 28.4. The first-order valence-electron chi connectivity index (χ1n) is 10.8. The van der Waals surface area contributed by atoms with Crippen LogP contribution in [0.25, 0.3) is 0 Å². The Morgan fingerprint density at radius 1 is 0.750 bits per heavy atom. The summed E-state index contributed by atoms with van der Waals surface area (Å²) in [6, 6.07) is 1.09. The molecule has 0 heterocycles. The second-order valence-corrected chi connectivity index (χ2v) is 13.2. The number of hydrogen-bond acceptors (Lipinski definition) is 6. The maximum Gasteiger partial charge on any atom is 0.354 e. The van der Waals surface area contributed by atoms with Gasteiger partial charge < -0.3 is 28.3 Å². The minimum Gasteiger partial charge on any atom is -0.395 e. The molecule has 0 saturated heterocycles. The van der Waals surface area contributed by atoms with E-state index in [1.807, 2.05) is 34.2 Å². The Bertz CT molecular complexity index is 340. The number of hydrogen-bond donors (Lipinski definition) is 2. The van der Waals surface area contributed by atoms with E-state index in [2.05, 4.69) is 24.1 Å². The maximum atomic E-state index is 10.1. The topological polar surface area (TPSA) is 78.0 Å². The molecule has 0 radical (unpaired) electrons. The summed E-state index contributed by atoms with van der Waals surface area (Å²) in [5.74, 6) is 0. The van der Waals surface area contributed by atoms with Gasteiger partial charge in [-0.2, -0.15) is 0 Å². The fraction of sp³-hybridized carbons (Fsp3) is 0.947. The van der Waals surface area contributed by atoms with Gasteiger partial charge in [-0.15, -0.1) is 0 Å². The molecular formula is C19H46N2O5Si2. The largest absolute Gasteiger partial charge is 0.395 e. The second-order valence-electron chi connectivity index (χ2n) is 6.71. The molecule has 0 aliphatic carbocycles. The van der Waals surface area contributed by atoms with Crippen LogP contribution < -0.4 is 10.6 Å². The van der Waals surface area contributed by atoms with E-state index in [1.54, 1.807) is 0 Å². The zero-order chi connectivity index (χ0) is 21.7. The van der Waals surface area contributed by atoms with Crippen molar-refractivity contribution in [3.63, 3.8) is 0 Å². The Balaban J connectivity index is 0. The Hall–Kier alpha value is -0.296. The van der Waals surface area contributed by atoms with E-state index >= 15 is 0 Å². The van der Waals surface area contributed by atoms with Crippen LogP contribution >= 0.6 is 0 Å². The molecule has 9 heteroatoms. The van der Waals surface area contributed by atoms with Gasteiger partial charge in [0.15, 0.2) is 0 Å². The van der Waals surface area contributed by atoms with E-state index in [0.29, 0.717) is 25.8 Å². The maximum absolute atomic E-state index is 10.1. The Morgan fingerprint density at radius 3 is 1.64 bits per heavy atom. The Morgan fingerprint density at radius 2 is 1.21 bits per heavy atom. The molecule has 28 heavy (non-hydrogen) atoms. The normalized spacial score (nSPS) is 11.7. The first-order valence-corrected chi connectivity index (χ1v) is 15.8. The standard InChI is InChI=1S/C12H29NO2Si.C7H17NO3Si/c1-5-8-10-13-11-9-12-16(4,14-6-2)15-7-3;1-4-10-12(3,11-5-2)7-8-6-9/h13H,5-12H2,1-4H3;6H,4-5,7H2,1-3H3,(H,8,9). The molecule has 0 unspecified atom stereocenters. The number of amides is 1. The highest BCUT2D eigenvalue weighted by Gasteiger charge is 2.30. The molecule has 0 fully saturated rings. The van der Waals surface area contributed by atoms with Crippen LogP contribution in [0.2, 0.25) is 19.1 Å². The summed E-state index contributed by atoms with van der Waals surface area (Å²) in [5, 5.41) is 6.04. The quantitative estimate of drug-likeness (QED) is 0.194. The average Bonchev–Trinajstić information content (AvgIpc) is 2.64. The van der Waals surface area contributed by atoms with E-state index in [9.17, 15) is 4.79 Å². The van der Waals surface area contributed by atoms with Gasteiger partial charge in [-0.1, -0.05) is 13.3 Å². The average molecular weight is 439 g/mol. The van der Waals surface area contributed by atoms with E-state index in [4.69, 9.17) is 17.7 Å². The molecule has 0 aromatic heterocycles. The van der Waals surface area contributed by atoms with Crippen LogP contribution in [0.1, 0.15) is 53.9 Å². The van der Waals surface area contributed by atoms with E-state index in [1.165, 1.54) is 12.8 Å². The van der Waals surface area contributed by atoms with E-state index in [-0.39, 0.29) is 0 Å². The number of rotatable bonds is 18. The molecule has 170 valence electrons. The van der Waals surface area contributed by atoms with Crippen molar-refractivity contribution in [2.24, 2.45) is 0 Å². The fourth-order valence-electron chi connectivity index (χ4n) is 2.74. The van der Waals surface area contributed by atoms with Crippen molar-refractivity contribution in [1.29, 1.82) is 0 Å². The van der Waals surface area contributed by atoms with Crippen molar-refractivity contribution >= 4 is 23.5 Å². The lowest BCUT2D eigenvalue weighted by Gasteiger charge is -2.25. The monoisotopic (exact) mass is 438 g/mol. The molecule has 0 saturated carbocycles. The Kier molecular flexibility index (Phi) is 21.4. The molecule has 0 aromatic carbocycles. The van der Waals surface area contributed by atoms with Crippen LogP contribution in [0.5, 0.6) is 0 Å². The molecular weight excluding hydrogens is 392 g/mol. The van der Waals surface area contributed by atoms with Crippen LogP contribution in [0, 0.1) is 0 Å². The summed E-state index contributed by atoms with van der Waals surface area (Å²) in [5.41, 5.74) is 0. The van der Waals surface area contributed by atoms with Crippen LogP contribution in [0.3, 0.4) is 0 Å². The SMILES string of the molecule is CCCCNCCC[Si](C)(OCC)OCC.CCO[Si](C)(CNC=O)OCC. The van der Waals surface area contributed by atoms with Gasteiger partial charge in [-0.05, 0) is 72.8 Å². The summed E-state index contributed by atoms with van der Waals surface area (Å²) in [6.45, 7) is 19.3. The smallest absolute Gasteiger partial charge is 0.354 e. The molecule has 2 N–H and O–H groups in total. The lowest BCUT2D eigenvalue weighted by Crippen LogP contribution is -2.48. The summed E-state index contributed by atoms with van der Waals surface area (Å²) < 4.78 is 22.5. The van der Waals surface area contributed by atoms with Gasteiger partial charge in [-0.3, -0.25) is 4.79 Å². The molecule has 0 aromatic rings. The molecule has 0 aliphatic rings. The minimum absolute atomic E-state index is 0.512. The van der Waals surface area contributed by atoms with Crippen LogP contribution in [0.4, 0.5) is 0 Å². The van der Waals surface area contributed by atoms with Crippen molar-refractivity contribution in [2.45, 2.75) is 73.0 Å². The van der Waals surface area contributed by atoms with Crippen LogP contribution in [-0.2, 0) is 22.5 Å².